The van der Waals surface area contributed by atoms with Gasteiger partial charge in [0.25, 0.3) is 17.4 Å². The predicted molar refractivity (Wildman–Crippen MR) is 103 cm³/mol. The highest BCUT2D eigenvalue weighted by Gasteiger charge is 2.32. The smallest absolute Gasteiger partial charge is 0.412 e. The molecule has 0 saturated carbocycles. The van der Waals surface area contributed by atoms with Crippen LogP contribution in [0.5, 0.6) is 0 Å². The molecule has 0 saturated heterocycles. The largest absolute Gasteiger partial charge is 0.444 e. The lowest BCUT2D eigenvalue weighted by atomic mass is 10.1. The van der Waals surface area contributed by atoms with Gasteiger partial charge in [-0.2, -0.15) is 0 Å². The zero-order chi connectivity index (χ0) is 20.8. The Morgan fingerprint density at radius 1 is 1.18 bits per heavy atom. The van der Waals surface area contributed by atoms with Crippen molar-refractivity contribution in [3.05, 3.63) is 50.8 Å². The number of rotatable bonds is 2. The van der Waals surface area contributed by atoms with Gasteiger partial charge in [0.2, 0.25) is 0 Å². The van der Waals surface area contributed by atoms with E-state index >= 15 is 0 Å². The maximum atomic E-state index is 12.4. The maximum Gasteiger partial charge on any atom is 0.412 e. The highest BCUT2D eigenvalue weighted by atomic mass is 35.5. The Bertz CT molecular complexity index is 1080. The number of hydrogen-bond donors (Lipinski definition) is 3. The number of nitrogens with two attached hydrogens (primary N) is 1. The van der Waals surface area contributed by atoms with Crippen molar-refractivity contribution < 1.29 is 19.1 Å². The van der Waals surface area contributed by atoms with Crippen LogP contribution in [-0.2, 0) is 4.74 Å². The molecule has 9 nitrogen and oxygen atoms in total. The zero-order valence-electron chi connectivity index (χ0n) is 15.3. The van der Waals surface area contributed by atoms with Crippen LogP contribution >= 0.6 is 11.6 Å². The number of nitrogens with one attached hydrogen (secondary N) is 2. The Hall–Kier alpha value is -3.33. The molecule has 28 heavy (non-hydrogen) atoms. The number of anilines is 2. The Morgan fingerprint density at radius 2 is 1.86 bits per heavy atom. The molecule has 146 valence electrons. The van der Waals surface area contributed by atoms with Crippen LogP contribution in [0.2, 0.25) is 5.02 Å². The number of carbonyl (C=O) groups is 3. The number of fused-ring (bicyclic) bond motifs is 1. The van der Waals surface area contributed by atoms with E-state index in [2.05, 4.69) is 10.6 Å². The van der Waals surface area contributed by atoms with Crippen molar-refractivity contribution in [1.82, 2.24) is 9.88 Å². The predicted octanol–water partition coefficient (Wildman–Crippen LogP) is 2.30. The second kappa shape index (κ2) is 6.68. The summed E-state index contributed by atoms with van der Waals surface area (Å²) in [6.45, 7) is 5.17. The number of hydrogen-bond acceptors (Lipinski definition) is 6. The summed E-state index contributed by atoms with van der Waals surface area (Å²) in [6.07, 6.45) is -0.688. The number of carbonyl (C=O) groups excluding carboxylic acids is 3. The molecule has 3 amide bonds. The zero-order valence-corrected chi connectivity index (χ0v) is 16.0. The molecular weight excluding hydrogens is 388 g/mol. The van der Waals surface area contributed by atoms with Gasteiger partial charge in [-0.05, 0) is 39.0 Å². The highest BCUT2D eigenvalue weighted by Crippen LogP contribution is 2.28. The van der Waals surface area contributed by atoms with E-state index in [1.165, 1.54) is 18.2 Å². The standard InChI is InChI=1S/C18H17ClN4O5/c1-18(2,3)28-17(27)21-11-5-4-8(6-10(11)19)23-12(24)7-9-13(14(23)20)16(26)22-15(9)25/h4-7H,20H2,1-3H3,(H,21,27)(H,22,25,26). The lowest BCUT2D eigenvalue weighted by molar-refractivity contribution is 0.0635. The molecule has 0 radical (unpaired) electrons. The van der Waals surface area contributed by atoms with E-state index in [9.17, 15) is 19.2 Å². The summed E-state index contributed by atoms with van der Waals surface area (Å²) in [5, 5.41) is 4.72. The number of halogens is 1. The molecular formula is C18H17ClN4O5. The minimum Gasteiger partial charge on any atom is -0.444 e. The van der Waals surface area contributed by atoms with Crippen LogP contribution in [0.3, 0.4) is 0 Å². The van der Waals surface area contributed by atoms with Gasteiger partial charge < -0.3 is 10.5 Å². The van der Waals surface area contributed by atoms with Crippen molar-refractivity contribution in [3.63, 3.8) is 0 Å². The molecule has 0 bridgehead atoms. The van der Waals surface area contributed by atoms with Crippen molar-refractivity contribution in [1.29, 1.82) is 0 Å². The van der Waals surface area contributed by atoms with E-state index < -0.39 is 29.1 Å². The van der Waals surface area contributed by atoms with Gasteiger partial charge in [0.1, 0.15) is 11.4 Å². The van der Waals surface area contributed by atoms with Crippen molar-refractivity contribution in [3.8, 4) is 5.69 Å². The molecule has 1 aliphatic heterocycles. The Kier molecular flexibility index (Phi) is 4.64. The first-order chi connectivity index (χ1) is 13.0. The van der Waals surface area contributed by atoms with Crippen molar-refractivity contribution in [2.24, 2.45) is 0 Å². The summed E-state index contributed by atoms with van der Waals surface area (Å²) in [7, 11) is 0. The molecule has 1 aliphatic rings. The molecule has 1 aromatic carbocycles. The van der Waals surface area contributed by atoms with Crippen molar-refractivity contribution in [2.75, 3.05) is 11.1 Å². The summed E-state index contributed by atoms with van der Waals surface area (Å²) in [5.74, 6) is -1.54. The Morgan fingerprint density at radius 3 is 2.46 bits per heavy atom. The number of benzene rings is 1. The first-order valence-corrected chi connectivity index (χ1v) is 8.57. The third-order valence-corrected chi connectivity index (χ3v) is 4.11. The van der Waals surface area contributed by atoms with Gasteiger partial charge in [0.15, 0.2) is 0 Å². The van der Waals surface area contributed by atoms with Gasteiger partial charge in [-0.1, -0.05) is 11.6 Å². The van der Waals surface area contributed by atoms with Crippen LogP contribution < -0.4 is 21.9 Å². The maximum absolute atomic E-state index is 12.4. The minimum atomic E-state index is -0.688. The molecule has 3 rings (SSSR count). The molecule has 0 aliphatic carbocycles. The fraction of sp³-hybridized carbons (Fsp3) is 0.222. The van der Waals surface area contributed by atoms with Crippen molar-refractivity contribution >= 4 is 41.0 Å². The van der Waals surface area contributed by atoms with Gasteiger partial charge >= 0.3 is 6.09 Å². The molecule has 0 spiro atoms. The third kappa shape index (κ3) is 3.56. The summed E-state index contributed by atoms with van der Waals surface area (Å²) in [6, 6.07) is 5.38. The van der Waals surface area contributed by atoms with Crippen LogP contribution in [0, 0.1) is 0 Å². The van der Waals surface area contributed by atoms with E-state index in [1.54, 1.807) is 20.8 Å². The minimum absolute atomic E-state index is 0.0712. The first kappa shape index (κ1) is 19.4. The normalized spacial score (nSPS) is 13.1. The quantitative estimate of drug-likeness (QED) is 0.658. The average molecular weight is 405 g/mol. The van der Waals surface area contributed by atoms with Gasteiger partial charge in [-0.3, -0.25) is 29.6 Å². The van der Waals surface area contributed by atoms with Crippen LogP contribution in [0.1, 0.15) is 41.5 Å². The highest BCUT2D eigenvalue weighted by molar-refractivity contribution is 6.33. The number of imide groups is 1. The molecule has 2 aromatic rings. The molecule has 0 atom stereocenters. The summed E-state index contributed by atoms with van der Waals surface area (Å²) >= 11 is 6.21. The average Bonchev–Trinajstić information content (AvgIpc) is 2.82. The fourth-order valence-electron chi connectivity index (χ4n) is 2.70. The molecule has 1 aromatic heterocycles. The Labute approximate surface area is 164 Å². The SMILES string of the molecule is CC(C)(C)OC(=O)Nc1ccc(-n2c(N)c3c(cc2=O)C(=O)NC3=O)cc1Cl. The van der Waals surface area contributed by atoms with Crippen LogP contribution in [0.25, 0.3) is 5.69 Å². The van der Waals surface area contributed by atoms with Gasteiger partial charge in [-0.15, -0.1) is 0 Å². The van der Waals surface area contributed by atoms with Gasteiger partial charge in [0, 0.05) is 6.07 Å². The number of nitrogens with zero attached hydrogens (tertiary/aromatic N) is 1. The summed E-state index contributed by atoms with van der Waals surface area (Å²) < 4.78 is 6.22. The molecule has 4 N–H and O–H groups in total. The van der Waals surface area contributed by atoms with Crippen LogP contribution in [0.4, 0.5) is 16.3 Å². The second-order valence-electron chi connectivity index (χ2n) is 7.07. The fourth-order valence-corrected chi connectivity index (χ4v) is 2.93. The molecule has 0 fully saturated rings. The van der Waals surface area contributed by atoms with E-state index in [-0.39, 0.29) is 33.3 Å². The van der Waals surface area contributed by atoms with Gasteiger partial charge in [-0.25, -0.2) is 4.79 Å². The topological polar surface area (TPSA) is 133 Å². The van der Waals surface area contributed by atoms with E-state index in [0.29, 0.717) is 0 Å². The summed E-state index contributed by atoms with van der Waals surface area (Å²) in [4.78, 5) is 48.0. The molecule has 2 heterocycles. The summed E-state index contributed by atoms with van der Waals surface area (Å²) in [5.41, 5.74) is 5.07. The number of amides is 3. The lowest BCUT2D eigenvalue weighted by Gasteiger charge is -2.20. The molecule has 10 heteroatoms. The number of aromatic nitrogens is 1. The number of ether oxygens (including phenoxy) is 1. The first-order valence-electron chi connectivity index (χ1n) is 8.19. The van der Waals surface area contributed by atoms with E-state index in [1.807, 2.05) is 0 Å². The van der Waals surface area contributed by atoms with Crippen LogP contribution in [0.15, 0.2) is 29.1 Å². The number of nitrogen functional groups attached to an aromatic ring is 1. The van der Waals surface area contributed by atoms with E-state index in [0.717, 1.165) is 10.6 Å². The third-order valence-electron chi connectivity index (χ3n) is 3.80. The molecule has 0 unspecified atom stereocenters. The number of pyridine rings is 1. The second-order valence-corrected chi connectivity index (χ2v) is 7.47. The Balaban J connectivity index is 1.99. The van der Waals surface area contributed by atoms with Crippen LogP contribution in [-0.4, -0.2) is 28.1 Å². The lowest BCUT2D eigenvalue weighted by Crippen LogP contribution is -2.27. The van der Waals surface area contributed by atoms with Crippen molar-refractivity contribution in [2.45, 2.75) is 26.4 Å². The van der Waals surface area contributed by atoms with Gasteiger partial charge in [0.05, 0.1) is 27.5 Å². The van der Waals surface area contributed by atoms with E-state index in [4.69, 9.17) is 22.1 Å². The monoisotopic (exact) mass is 404 g/mol.